The molecular weight excluding hydrogens is 1140 g/mol. The Labute approximate surface area is 499 Å². The minimum atomic E-state index is -1.76. The van der Waals surface area contributed by atoms with Gasteiger partial charge in [-0.05, 0) is 110 Å². The van der Waals surface area contributed by atoms with Crippen LogP contribution in [-0.2, 0) is 80.0 Å². The maximum Gasteiger partial charge on any atom is 0.245 e. The number of hydrogen-bond acceptors (Lipinski definition) is 17. The molecule has 26 heteroatoms. The molecule has 16 N–H and O–H groups in total. The number of carbonyl (C=O) groups excluding carboxylic acids is 10. The fraction of sp³-hybridized carbons (Fsp3) is 0.414. The average molecular weight is 1220 g/mol. The van der Waals surface area contributed by atoms with E-state index in [1.165, 1.54) is 50.2 Å². The first kappa shape index (κ1) is 67.2. The highest BCUT2D eigenvalue weighted by atomic mass is 35.5. The molecule has 4 aromatic rings. The van der Waals surface area contributed by atoms with Crippen molar-refractivity contribution in [3.63, 3.8) is 0 Å². The number of carbonyl (C=O) groups is 10. The molecule has 0 aliphatic carbocycles. The van der Waals surface area contributed by atoms with Crippen molar-refractivity contribution < 1.29 is 63.3 Å². The van der Waals surface area contributed by atoms with E-state index in [-0.39, 0.29) is 92.7 Å². The number of nitrogens with two attached hydrogens (primary N) is 3. The lowest BCUT2D eigenvalue weighted by Crippen LogP contribution is -2.62. The molecule has 5 rings (SSSR count). The monoisotopic (exact) mass is 1220 g/mol. The lowest BCUT2D eigenvalue weighted by atomic mass is 9.90. The Balaban J connectivity index is 1.57. The third kappa shape index (κ3) is 22.6. The first-order chi connectivity index (χ1) is 40.0. The molecule has 84 heavy (non-hydrogen) atoms. The van der Waals surface area contributed by atoms with Crippen LogP contribution in [0.5, 0.6) is 11.5 Å². The lowest BCUT2D eigenvalue weighted by Gasteiger charge is -2.29. The summed E-state index contributed by atoms with van der Waals surface area (Å²) in [6, 6.07) is 14.8. The fourth-order valence-corrected chi connectivity index (χ4v) is 11.3. The van der Waals surface area contributed by atoms with Gasteiger partial charge in [-0.25, -0.2) is 0 Å². The van der Waals surface area contributed by atoms with Crippen molar-refractivity contribution in [2.75, 3.05) is 24.6 Å². The number of aliphatic hydroxyl groups is 1. The molecule has 1 aliphatic rings. The van der Waals surface area contributed by atoms with Gasteiger partial charge < -0.3 is 69.7 Å². The second-order valence-corrected chi connectivity index (χ2v) is 23.5. The summed E-state index contributed by atoms with van der Waals surface area (Å²) in [6.45, 7) is 2.52. The Kier molecular flexibility index (Phi) is 27.0. The Morgan fingerprint density at radius 1 is 0.690 bits per heavy atom. The molecule has 23 nitrogen and oxygen atoms in total. The summed E-state index contributed by atoms with van der Waals surface area (Å²) in [5.41, 5.74) is 20.7. The van der Waals surface area contributed by atoms with Gasteiger partial charge in [0.2, 0.25) is 47.3 Å². The highest BCUT2D eigenvalue weighted by Gasteiger charge is 2.37. The summed E-state index contributed by atoms with van der Waals surface area (Å²) >= 11 is 6.09. The SMILES string of the molecule is CC(=O)NCC(=O)Cc1ccc(C[C@H]2NC(=O)[C@H](Cc3ccc(O)cc3)CC(=O)[C@H](NC(=O)[C@@H](N)Cc3ccc(Cl)cc3)CSSC[C@@H](C(=O)N[C@H](Cc3ccc(O)cc3)C(N)=O)NC(=O)[C@H]([C@@H](C)O)NC(=O)[C@H](CCCCN)NC2=O)cc1. The van der Waals surface area contributed by atoms with Crippen LogP contribution in [0.2, 0.25) is 5.02 Å². The van der Waals surface area contributed by atoms with Crippen LogP contribution in [0.3, 0.4) is 0 Å². The van der Waals surface area contributed by atoms with E-state index >= 15 is 0 Å². The van der Waals surface area contributed by atoms with E-state index in [0.717, 1.165) is 21.6 Å². The standard InChI is InChI=1S/C58H73ClN10O13S2/c1-32(70)51-58(82)68-49(57(81)65-46(52(62)76)26-38-14-20-42(73)21-15-38)31-84-83-30-48(67-54(78)44(61)25-36-10-16-40(59)17-11-36)50(75)28-39(23-34-12-18-41(72)19-13-34)53(77)66-47(56(80)64-45(55(79)69-51)5-3-4-22-60)27-37-8-6-35(7-9-37)24-43(74)29-63-33(2)71/h6-21,32,39,44-49,51,70,72-73H,3-5,22-31,60-61H2,1-2H3,(H2,62,76)(H,63,71)(H,64,80)(H,65,81)(H,66,77)(H,67,78)(H,68,82)(H,69,79)/t32-,39-,44+,45+,46-,47-,48-,49+,51+/m1/s1. The number of hydrogen-bond donors (Lipinski definition) is 13. The van der Waals surface area contributed by atoms with Gasteiger partial charge in [-0.3, -0.25) is 47.9 Å². The molecule has 1 fully saturated rings. The zero-order valence-corrected chi connectivity index (χ0v) is 48.9. The van der Waals surface area contributed by atoms with Crippen molar-refractivity contribution in [1.82, 2.24) is 37.2 Å². The van der Waals surface area contributed by atoms with Gasteiger partial charge in [-0.2, -0.15) is 0 Å². The fourth-order valence-electron chi connectivity index (χ4n) is 8.79. The number of rotatable bonds is 22. The molecule has 1 aliphatic heterocycles. The molecule has 1 saturated heterocycles. The number of amides is 8. The highest BCUT2D eigenvalue weighted by molar-refractivity contribution is 8.76. The van der Waals surface area contributed by atoms with Gasteiger partial charge in [0.1, 0.15) is 41.7 Å². The number of benzene rings is 4. The molecule has 1 heterocycles. The summed E-state index contributed by atoms with van der Waals surface area (Å²) < 4.78 is 0. The molecular formula is C58H73ClN10O13S2. The maximum absolute atomic E-state index is 14.9. The molecule has 0 aromatic heterocycles. The number of phenolic OH excluding ortho intramolecular Hbond substituents is 2. The highest BCUT2D eigenvalue weighted by Crippen LogP contribution is 2.26. The van der Waals surface area contributed by atoms with Gasteiger partial charge in [0.15, 0.2) is 11.6 Å². The number of nitrogens with one attached hydrogen (secondary N) is 7. The molecule has 0 spiro atoms. The number of aliphatic hydroxyl groups excluding tert-OH is 1. The summed E-state index contributed by atoms with van der Waals surface area (Å²) in [7, 11) is 1.96. The van der Waals surface area contributed by atoms with Crippen LogP contribution in [0.15, 0.2) is 97.1 Å². The molecule has 0 bridgehead atoms. The molecule has 4 aromatic carbocycles. The minimum Gasteiger partial charge on any atom is -0.508 e. The van der Waals surface area contributed by atoms with Gasteiger partial charge in [0, 0.05) is 55.1 Å². The van der Waals surface area contributed by atoms with Crippen molar-refractivity contribution in [3.05, 3.63) is 130 Å². The van der Waals surface area contributed by atoms with E-state index < -0.39 is 108 Å². The van der Waals surface area contributed by atoms with Gasteiger partial charge in [-0.1, -0.05) is 93.9 Å². The molecule has 0 saturated carbocycles. The normalized spacial score (nSPS) is 20.5. The van der Waals surface area contributed by atoms with E-state index in [9.17, 15) is 63.3 Å². The topological polar surface area (TPSA) is 394 Å². The van der Waals surface area contributed by atoms with Crippen molar-refractivity contribution in [1.29, 1.82) is 0 Å². The summed E-state index contributed by atoms with van der Waals surface area (Å²) in [4.78, 5) is 138. The predicted molar refractivity (Wildman–Crippen MR) is 318 cm³/mol. The first-order valence-corrected chi connectivity index (χ1v) is 30.0. The summed E-state index contributed by atoms with van der Waals surface area (Å²) in [5.74, 6) is -9.42. The Bertz CT molecular complexity index is 2920. The zero-order valence-electron chi connectivity index (χ0n) is 46.5. The molecule has 0 unspecified atom stereocenters. The van der Waals surface area contributed by atoms with Crippen molar-refractivity contribution in [2.24, 2.45) is 23.1 Å². The molecule has 8 amide bonds. The van der Waals surface area contributed by atoms with Crippen LogP contribution in [0.25, 0.3) is 0 Å². The van der Waals surface area contributed by atoms with E-state index in [0.29, 0.717) is 39.3 Å². The number of halogens is 1. The van der Waals surface area contributed by atoms with E-state index in [1.54, 1.807) is 60.7 Å². The van der Waals surface area contributed by atoms with Crippen molar-refractivity contribution in [3.8, 4) is 11.5 Å². The third-order valence-electron chi connectivity index (χ3n) is 13.5. The summed E-state index contributed by atoms with van der Waals surface area (Å²) in [6.07, 6.45) is -1.96. The van der Waals surface area contributed by atoms with E-state index in [1.807, 2.05) is 0 Å². The van der Waals surface area contributed by atoms with E-state index in [4.69, 9.17) is 28.8 Å². The minimum absolute atomic E-state index is 0.0299. The zero-order chi connectivity index (χ0) is 61.5. The first-order valence-electron chi connectivity index (χ1n) is 27.1. The quantitative estimate of drug-likeness (QED) is 0.0376. The Hall–Kier alpha value is -7.55. The second kappa shape index (κ2) is 33.7. The van der Waals surface area contributed by atoms with Crippen LogP contribution in [0, 0.1) is 5.92 Å². The van der Waals surface area contributed by atoms with Crippen molar-refractivity contribution in [2.45, 2.75) is 120 Å². The Morgan fingerprint density at radius 3 is 1.85 bits per heavy atom. The van der Waals surface area contributed by atoms with Gasteiger partial charge in [0.25, 0.3) is 0 Å². The molecule has 0 radical (unpaired) electrons. The number of aromatic hydroxyl groups is 2. The second-order valence-electron chi connectivity index (χ2n) is 20.5. The Morgan fingerprint density at radius 2 is 1.24 bits per heavy atom. The number of ketones is 2. The third-order valence-corrected chi connectivity index (χ3v) is 16.2. The molecule has 9 atom stereocenters. The molecule has 452 valence electrons. The van der Waals surface area contributed by atoms with Crippen LogP contribution in [0.4, 0.5) is 0 Å². The maximum atomic E-state index is 14.9. The van der Waals surface area contributed by atoms with Crippen molar-refractivity contribution >= 4 is 92.0 Å². The average Bonchev–Trinajstić information content (AvgIpc) is 3.54. The van der Waals surface area contributed by atoms with Crippen LogP contribution in [0.1, 0.15) is 67.3 Å². The van der Waals surface area contributed by atoms with Crippen LogP contribution >= 0.6 is 33.2 Å². The van der Waals surface area contributed by atoms with Gasteiger partial charge >= 0.3 is 0 Å². The number of unbranched alkanes of at least 4 members (excludes halogenated alkanes) is 1. The predicted octanol–water partition coefficient (Wildman–Crippen LogP) is 0.471. The van der Waals surface area contributed by atoms with Crippen LogP contribution < -0.4 is 54.4 Å². The summed E-state index contributed by atoms with van der Waals surface area (Å²) in [5, 5.41) is 49.9. The smallest absolute Gasteiger partial charge is 0.245 e. The number of phenols is 2. The lowest BCUT2D eigenvalue weighted by molar-refractivity contribution is -0.137. The number of Topliss-reactive ketones (excluding diaryl/α,β-unsaturated/α-hetero) is 2. The largest absolute Gasteiger partial charge is 0.508 e. The van der Waals surface area contributed by atoms with Crippen LogP contribution in [-0.4, -0.2) is 147 Å². The number of primary amides is 1. The van der Waals surface area contributed by atoms with Gasteiger partial charge in [-0.15, -0.1) is 0 Å². The van der Waals surface area contributed by atoms with Gasteiger partial charge in [0.05, 0.1) is 24.7 Å². The van der Waals surface area contributed by atoms with E-state index in [2.05, 4.69) is 37.2 Å².